The number of nitrogens with one attached hydrogen (secondary N) is 2. The molecule has 0 spiro atoms. The molecular weight excluding hydrogens is 875 g/mol. The number of rotatable bonds is 9. The average Bonchev–Trinajstić information content (AvgIpc) is 3.94. The van der Waals surface area contributed by atoms with Crippen LogP contribution in [0, 0.1) is 29.1 Å². The standard InChI is InChI=1S/C54H67N7O8/c1-9-60-45-19-17-37-29-41(45)42(49(60)40-15-11-23-55-47(40)34(4)67-8)30-54(5,6)32-69-53(66)43-16-12-24-61(57-43)52(65)44(28-35-13-10-14-36(37)27-35)56-50(63)48(33(2)3)58(7)51(64)38-21-25-59(31-38)46(62)20-18-39-22-26-68-39/h10-11,13-15,17,19,23,27,29,33-34,38-39,43-44,48,57H,9,12,16,21-22,24-26,28,30-32H2,1-8H3,(H,56,63)/t34?,38-,39-,43-,44?,48?/m0/s1. The largest absolute Gasteiger partial charge is 0.464 e. The summed E-state index contributed by atoms with van der Waals surface area (Å²) in [5, 5.41) is 5.58. The molecule has 2 aromatic heterocycles. The predicted molar refractivity (Wildman–Crippen MR) is 262 cm³/mol. The number of carbonyl (C=O) groups is 5. The Morgan fingerprint density at radius 3 is 2.54 bits per heavy atom. The number of amides is 4. The molecule has 6 heterocycles. The molecule has 15 heteroatoms. The van der Waals surface area contributed by atoms with Gasteiger partial charge in [-0.3, -0.25) is 34.0 Å². The van der Waals surface area contributed by atoms with Gasteiger partial charge in [0.15, 0.2) is 0 Å². The molecule has 0 saturated carbocycles. The fourth-order valence-electron chi connectivity index (χ4n) is 10.3. The zero-order valence-corrected chi connectivity index (χ0v) is 41.3. The fourth-order valence-corrected chi connectivity index (χ4v) is 10.3. The molecule has 69 heavy (non-hydrogen) atoms. The number of cyclic esters (lactones) is 1. The Bertz CT molecular complexity index is 2660. The first-order valence-electron chi connectivity index (χ1n) is 24.5. The molecule has 6 bridgehead atoms. The smallest absolute Gasteiger partial charge is 0.324 e. The number of nitrogens with zero attached hydrogens (tertiary/aromatic N) is 5. The van der Waals surface area contributed by atoms with Crippen molar-refractivity contribution < 1.29 is 38.2 Å². The molecule has 2 N–H and O–H groups in total. The Hall–Kier alpha value is -6.08. The van der Waals surface area contributed by atoms with Crippen LogP contribution in [-0.2, 0) is 57.6 Å². The van der Waals surface area contributed by atoms with Gasteiger partial charge in [-0.25, -0.2) is 5.43 Å². The van der Waals surface area contributed by atoms with E-state index in [4.69, 9.17) is 19.2 Å². The predicted octanol–water partition coefficient (Wildman–Crippen LogP) is 5.87. The van der Waals surface area contributed by atoms with Crippen LogP contribution in [0.3, 0.4) is 0 Å². The first-order chi connectivity index (χ1) is 33.1. The number of methoxy groups -OCH3 is 1. The van der Waals surface area contributed by atoms with Crippen molar-refractivity contribution in [1.82, 2.24) is 35.1 Å². The summed E-state index contributed by atoms with van der Waals surface area (Å²) in [7, 11) is 3.30. The molecule has 4 aliphatic heterocycles. The van der Waals surface area contributed by atoms with Gasteiger partial charge in [0, 0.05) is 81.3 Å². The second-order valence-corrected chi connectivity index (χ2v) is 20.1. The molecule has 8 rings (SSSR count). The van der Waals surface area contributed by atoms with E-state index in [1.807, 2.05) is 39.0 Å². The summed E-state index contributed by atoms with van der Waals surface area (Å²) in [5.41, 5.74) is 10.4. The van der Waals surface area contributed by atoms with Gasteiger partial charge < -0.3 is 33.9 Å². The minimum absolute atomic E-state index is 0.132. The van der Waals surface area contributed by atoms with Crippen molar-refractivity contribution >= 4 is 40.5 Å². The number of pyridine rings is 1. The van der Waals surface area contributed by atoms with E-state index >= 15 is 0 Å². The second-order valence-electron chi connectivity index (χ2n) is 20.1. The lowest BCUT2D eigenvalue weighted by Crippen LogP contribution is -2.62. The van der Waals surface area contributed by atoms with Crippen molar-refractivity contribution in [3.8, 4) is 34.2 Å². The molecule has 3 saturated heterocycles. The van der Waals surface area contributed by atoms with Crippen molar-refractivity contribution in [1.29, 1.82) is 0 Å². The van der Waals surface area contributed by atoms with Gasteiger partial charge in [-0.1, -0.05) is 63.9 Å². The van der Waals surface area contributed by atoms with E-state index in [0.717, 1.165) is 56.5 Å². The van der Waals surface area contributed by atoms with E-state index in [1.54, 1.807) is 25.3 Å². The number of hydrazine groups is 1. The molecule has 2 aromatic carbocycles. The van der Waals surface area contributed by atoms with Crippen LogP contribution in [0.4, 0.5) is 0 Å². The highest BCUT2D eigenvalue weighted by Crippen LogP contribution is 2.42. The van der Waals surface area contributed by atoms with Crippen molar-refractivity contribution in [3.63, 3.8) is 0 Å². The van der Waals surface area contributed by atoms with Gasteiger partial charge in [-0.05, 0) is 97.9 Å². The number of hydrogen-bond acceptors (Lipinski definition) is 10. The van der Waals surface area contributed by atoms with Crippen molar-refractivity contribution in [2.45, 2.75) is 117 Å². The Kier molecular flexibility index (Phi) is 14.9. The van der Waals surface area contributed by atoms with E-state index in [1.165, 1.54) is 9.91 Å². The van der Waals surface area contributed by atoms with E-state index in [-0.39, 0.29) is 49.5 Å². The maximum Gasteiger partial charge on any atom is 0.324 e. The van der Waals surface area contributed by atoms with Crippen molar-refractivity contribution in [2.24, 2.45) is 17.3 Å². The normalized spacial score (nSPS) is 22.4. The fraction of sp³-hybridized carbons (Fsp3) is 0.519. The van der Waals surface area contributed by atoms with Crippen molar-refractivity contribution in [2.75, 3.05) is 47.0 Å². The summed E-state index contributed by atoms with van der Waals surface area (Å²) >= 11 is 0. The van der Waals surface area contributed by atoms with Crippen LogP contribution in [0.25, 0.3) is 33.3 Å². The number of likely N-dealkylation sites (N-methyl/N-ethyl adjacent to an activating group) is 1. The molecule has 15 nitrogen and oxygen atoms in total. The summed E-state index contributed by atoms with van der Waals surface area (Å²) in [6, 6.07) is 15.8. The monoisotopic (exact) mass is 942 g/mol. The van der Waals surface area contributed by atoms with Gasteiger partial charge in [-0.15, -0.1) is 0 Å². The highest BCUT2D eigenvalue weighted by molar-refractivity contribution is 5.97. The Balaban J connectivity index is 1.13. The summed E-state index contributed by atoms with van der Waals surface area (Å²) < 4.78 is 19.6. The number of esters is 1. The number of hydrogen-bond donors (Lipinski definition) is 2. The summed E-state index contributed by atoms with van der Waals surface area (Å²) in [4.78, 5) is 78.2. The van der Waals surface area contributed by atoms with Crippen LogP contribution in [0.1, 0.15) is 90.2 Å². The maximum absolute atomic E-state index is 14.8. The first kappa shape index (κ1) is 49.3. The third-order valence-corrected chi connectivity index (χ3v) is 14.2. The third kappa shape index (κ3) is 10.6. The molecule has 0 radical (unpaired) electrons. The lowest BCUT2D eigenvalue weighted by Gasteiger charge is -2.37. The molecule has 4 aromatic rings. The topological polar surface area (TPSA) is 165 Å². The number of carbonyl (C=O) groups excluding carboxylic acids is 5. The van der Waals surface area contributed by atoms with Gasteiger partial charge in [0.25, 0.3) is 11.8 Å². The number of likely N-dealkylation sites (tertiary alicyclic amines) is 1. The van der Waals surface area contributed by atoms with Gasteiger partial charge in [0.2, 0.25) is 11.8 Å². The Labute approximate surface area is 405 Å². The van der Waals surface area contributed by atoms with Crippen LogP contribution >= 0.6 is 0 Å². The second kappa shape index (κ2) is 20.9. The SMILES string of the molecule is CCn1c(-c2cccnc2C(C)OC)c2c3cc(ccc31)-c1cccc(c1)CC(NC(=O)C(C(C)C)N(C)C(=O)[C@H]1CCN(C(=O)C#C[C@H]3CCO3)C1)C(=O)N1CCC[C@H](N1)C(=O)OCC(C)(C)C2. The molecule has 4 amide bonds. The van der Waals surface area contributed by atoms with Crippen LogP contribution in [0.5, 0.6) is 0 Å². The number of aromatic nitrogens is 2. The minimum atomic E-state index is -1.06. The first-order valence-corrected chi connectivity index (χ1v) is 24.5. The molecule has 4 aliphatic rings. The zero-order valence-electron chi connectivity index (χ0n) is 41.3. The van der Waals surface area contributed by atoms with Crippen molar-refractivity contribution in [3.05, 3.63) is 77.6 Å². The van der Waals surface area contributed by atoms with Crippen LogP contribution in [0.2, 0.25) is 0 Å². The van der Waals surface area contributed by atoms with E-state index in [0.29, 0.717) is 51.9 Å². The summed E-state index contributed by atoms with van der Waals surface area (Å²) in [6.07, 6.45) is 4.29. The molecule has 3 fully saturated rings. The number of benzene rings is 2. The van der Waals surface area contributed by atoms with Gasteiger partial charge in [0.05, 0.1) is 36.6 Å². The van der Waals surface area contributed by atoms with Crippen LogP contribution in [0.15, 0.2) is 60.8 Å². The Morgan fingerprint density at radius 1 is 1.03 bits per heavy atom. The molecule has 6 atom stereocenters. The highest BCUT2D eigenvalue weighted by atomic mass is 16.5. The van der Waals surface area contributed by atoms with Crippen LogP contribution in [-0.4, -0.2) is 125 Å². The molecule has 0 aliphatic carbocycles. The van der Waals surface area contributed by atoms with E-state index < -0.39 is 47.2 Å². The molecule has 366 valence electrons. The molecular formula is C54H67N7O8. The maximum atomic E-state index is 14.8. The summed E-state index contributed by atoms with van der Waals surface area (Å²) in [5.74, 6) is 2.75. The number of aryl methyl sites for hydroxylation is 1. The zero-order chi connectivity index (χ0) is 49.1. The average molecular weight is 942 g/mol. The van der Waals surface area contributed by atoms with E-state index in [2.05, 4.69) is 84.3 Å². The van der Waals surface area contributed by atoms with Gasteiger partial charge in [0.1, 0.15) is 24.2 Å². The van der Waals surface area contributed by atoms with Gasteiger partial charge in [-0.2, -0.15) is 0 Å². The lowest BCUT2D eigenvalue weighted by atomic mass is 9.84. The Morgan fingerprint density at radius 2 is 1.81 bits per heavy atom. The quantitative estimate of drug-likeness (QED) is 0.153. The minimum Gasteiger partial charge on any atom is -0.464 e. The van der Waals surface area contributed by atoms with Gasteiger partial charge >= 0.3 is 5.97 Å². The highest BCUT2D eigenvalue weighted by Gasteiger charge is 2.40. The number of ether oxygens (including phenoxy) is 3. The third-order valence-electron chi connectivity index (χ3n) is 14.2. The number of fused-ring (bicyclic) bond motifs is 6. The molecule has 3 unspecified atom stereocenters. The van der Waals surface area contributed by atoms with Crippen LogP contribution < -0.4 is 10.7 Å². The lowest BCUT2D eigenvalue weighted by molar-refractivity contribution is -0.155. The summed E-state index contributed by atoms with van der Waals surface area (Å²) in [6.45, 7) is 14.5. The van der Waals surface area contributed by atoms with E-state index in [9.17, 15) is 24.0 Å².